The van der Waals surface area contributed by atoms with Crippen molar-refractivity contribution in [2.24, 2.45) is 5.92 Å². The van der Waals surface area contributed by atoms with Gasteiger partial charge in [0.15, 0.2) is 0 Å². The summed E-state index contributed by atoms with van der Waals surface area (Å²) in [6, 6.07) is 4.91. The summed E-state index contributed by atoms with van der Waals surface area (Å²) in [7, 11) is 3.33. The van der Waals surface area contributed by atoms with Gasteiger partial charge in [0.1, 0.15) is 0 Å². The summed E-state index contributed by atoms with van der Waals surface area (Å²) in [5.74, 6) is 2.21. The average molecular weight is 291 g/mol. The van der Waals surface area contributed by atoms with Crippen molar-refractivity contribution in [3.05, 3.63) is 28.8 Å². The molecule has 2 amide bonds. The molecule has 1 unspecified atom stereocenters. The maximum absolute atomic E-state index is 12.2. The summed E-state index contributed by atoms with van der Waals surface area (Å²) < 4.78 is 0. The van der Waals surface area contributed by atoms with E-state index in [1.165, 1.54) is 4.90 Å². The molecule has 1 fully saturated rings. The van der Waals surface area contributed by atoms with Gasteiger partial charge in [-0.3, -0.25) is 9.59 Å². The highest BCUT2D eigenvalue weighted by atomic mass is 35.5. The number of benzene rings is 1. The summed E-state index contributed by atoms with van der Waals surface area (Å²) in [5, 5.41) is 0.479. The van der Waals surface area contributed by atoms with Crippen LogP contribution in [0.4, 0.5) is 5.69 Å². The first-order valence-electron chi connectivity index (χ1n) is 6.21. The number of carbonyl (C=O) groups excluding carboxylic acids is 2. The molecule has 20 heavy (non-hydrogen) atoms. The van der Waals surface area contributed by atoms with Crippen molar-refractivity contribution in [2.75, 3.05) is 25.5 Å². The topological polar surface area (TPSA) is 40.6 Å². The smallest absolute Gasteiger partial charge is 0.255 e. The van der Waals surface area contributed by atoms with Crippen LogP contribution in [0.5, 0.6) is 0 Å². The second-order valence-corrected chi connectivity index (χ2v) is 5.37. The zero-order valence-corrected chi connectivity index (χ0v) is 12.1. The number of hydrogen-bond donors (Lipinski definition) is 0. The van der Waals surface area contributed by atoms with Crippen LogP contribution in [-0.4, -0.2) is 37.4 Å². The molecular formula is C15H15ClN2O2. The van der Waals surface area contributed by atoms with Crippen LogP contribution in [0.3, 0.4) is 0 Å². The van der Waals surface area contributed by atoms with Gasteiger partial charge in [0.2, 0.25) is 5.91 Å². The maximum atomic E-state index is 12.2. The molecule has 1 aromatic rings. The number of rotatable bonds is 2. The van der Waals surface area contributed by atoms with Crippen LogP contribution in [0.15, 0.2) is 18.2 Å². The average Bonchev–Trinajstić information content (AvgIpc) is 2.79. The van der Waals surface area contributed by atoms with Crippen molar-refractivity contribution >= 4 is 29.1 Å². The van der Waals surface area contributed by atoms with E-state index in [9.17, 15) is 9.59 Å². The highest BCUT2D eigenvalue weighted by molar-refractivity contribution is 6.31. The molecule has 0 radical (unpaired) electrons. The fourth-order valence-electron chi connectivity index (χ4n) is 2.20. The number of terminal acetylenes is 1. The second-order valence-electron chi connectivity index (χ2n) is 4.93. The van der Waals surface area contributed by atoms with E-state index in [0.29, 0.717) is 29.2 Å². The van der Waals surface area contributed by atoms with E-state index < -0.39 is 0 Å². The summed E-state index contributed by atoms with van der Waals surface area (Å²) in [4.78, 5) is 27.3. The van der Waals surface area contributed by atoms with Gasteiger partial charge < -0.3 is 9.80 Å². The largest absolute Gasteiger partial charge is 0.345 e. The van der Waals surface area contributed by atoms with Crippen LogP contribution in [0.1, 0.15) is 16.8 Å². The summed E-state index contributed by atoms with van der Waals surface area (Å²) in [6.45, 7) is 0.420. The molecule has 0 N–H and O–H groups in total. The Morgan fingerprint density at radius 1 is 1.50 bits per heavy atom. The monoisotopic (exact) mass is 290 g/mol. The van der Waals surface area contributed by atoms with Gasteiger partial charge >= 0.3 is 0 Å². The molecule has 0 aliphatic carbocycles. The lowest BCUT2D eigenvalue weighted by Gasteiger charge is -2.21. The van der Waals surface area contributed by atoms with Crippen molar-refractivity contribution in [1.29, 1.82) is 0 Å². The van der Waals surface area contributed by atoms with E-state index in [0.717, 1.165) is 0 Å². The van der Waals surface area contributed by atoms with E-state index in [4.69, 9.17) is 18.0 Å². The minimum absolute atomic E-state index is 0.0805. The third-order valence-corrected chi connectivity index (χ3v) is 3.48. The van der Waals surface area contributed by atoms with Crippen LogP contribution >= 0.6 is 11.6 Å². The lowest BCUT2D eigenvalue weighted by Crippen LogP contribution is -2.29. The summed E-state index contributed by atoms with van der Waals surface area (Å²) >= 11 is 5.99. The van der Waals surface area contributed by atoms with E-state index in [1.807, 2.05) is 0 Å². The Hall–Kier alpha value is -1.99. The highest BCUT2D eigenvalue weighted by Gasteiger charge is 2.32. The zero-order valence-electron chi connectivity index (χ0n) is 11.4. The SMILES string of the molecule is C#CC1CC(=O)N(c2cc(Cl)ccc2C(=O)N(C)C)C1. The zero-order chi connectivity index (χ0) is 14.9. The number of carbonyl (C=O) groups is 2. The van der Waals surface area contributed by atoms with Crippen LogP contribution in [0.2, 0.25) is 5.02 Å². The normalized spacial score (nSPS) is 18.0. The number of amides is 2. The van der Waals surface area contributed by atoms with Gasteiger partial charge in [-0.2, -0.15) is 0 Å². The number of anilines is 1. The third-order valence-electron chi connectivity index (χ3n) is 3.25. The standard InChI is InChI=1S/C15H15ClN2O2/c1-4-10-7-14(19)18(9-10)13-8-11(16)5-6-12(13)15(20)17(2)3/h1,5-6,8,10H,7,9H2,2-3H3. The quantitative estimate of drug-likeness (QED) is 0.782. The van der Waals surface area contributed by atoms with Gasteiger partial charge in [0.25, 0.3) is 5.91 Å². The molecule has 5 heteroatoms. The van der Waals surface area contributed by atoms with Crippen LogP contribution in [0, 0.1) is 18.3 Å². The van der Waals surface area contributed by atoms with Gasteiger partial charge in [0.05, 0.1) is 11.3 Å². The molecule has 1 aromatic carbocycles. The van der Waals surface area contributed by atoms with Gasteiger partial charge in [-0.1, -0.05) is 11.6 Å². The van der Waals surface area contributed by atoms with Gasteiger partial charge in [-0.25, -0.2) is 0 Å². The van der Waals surface area contributed by atoms with Crippen molar-refractivity contribution in [1.82, 2.24) is 4.90 Å². The summed E-state index contributed by atoms with van der Waals surface area (Å²) in [6.07, 6.45) is 5.69. The van der Waals surface area contributed by atoms with Crippen LogP contribution < -0.4 is 4.90 Å². The molecule has 104 valence electrons. The fraction of sp³-hybridized carbons (Fsp3) is 0.333. The predicted octanol–water partition coefficient (Wildman–Crippen LogP) is 2.03. The van der Waals surface area contributed by atoms with E-state index in [2.05, 4.69) is 5.92 Å². The first-order valence-corrected chi connectivity index (χ1v) is 6.59. The Morgan fingerprint density at radius 3 is 2.75 bits per heavy atom. The fourth-order valence-corrected chi connectivity index (χ4v) is 2.37. The number of hydrogen-bond acceptors (Lipinski definition) is 2. The Labute approximate surface area is 123 Å². The first-order chi connectivity index (χ1) is 9.43. The molecule has 4 nitrogen and oxygen atoms in total. The van der Waals surface area contributed by atoms with Crippen molar-refractivity contribution < 1.29 is 9.59 Å². The minimum atomic E-state index is -0.173. The van der Waals surface area contributed by atoms with Gasteiger partial charge in [0, 0.05) is 38.0 Å². The van der Waals surface area contributed by atoms with Crippen molar-refractivity contribution in [3.8, 4) is 12.3 Å². The Bertz CT molecular complexity index is 604. The van der Waals surface area contributed by atoms with Crippen molar-refractivity contribution in [2.45, 2.75) is 6.42 Å². The molecule has 1 saturated heterocycles. The van der Waals surface area contributed by atoms with Crippen molar-refractivity contribution in [3.63, 3.8) is 0 Å². The molecule has 2 rings (SSSR count). The van der Waals surface area contributed by atoms with Gasteiger partial charge in [-0.05, 0) is 18.2 Å². The molecule has 1 aliphatic rings. The molecule has 0 spiro atoms. The molecule has 0 bridgehead atoms. The molecule has 1 atom stereocenters. The molecule has 0 aromatic heterocycles. The second kappa shape index (κ2) is 5.56. The minimum Gasteiger partial charge on any atom is -0.345 e. The first kappa shape index (κ1) is 14.4. The maximum Gasteiger partial charge on any atom is 0.255 e. The Kier molecular flexibility index (Phi) is 4.01. The molecular weight excluding hydrogens is 276 g/mol. The molecule has 1 heterocycles. The predicted molar refractivity (Wildman–Crippen MR) is 78.8 cm³/mol. The Morgan fingerprint density at radius 2 is 2.20 bits per heavy atom. The molecule has 1 aliphatic heterocycles. The lowest BCUT2D eigenvalue weighted by molar-refractivity contribution is -0.117. The molecule has 0 saturated carbocycles. The number of nitrogens with zero attached hydrogens (tertiary/aromatic N) is 2. The highest BCUT2D eigenvalue weighted by Crippen LogP contribution is 2.31. The Balaban J connectivity index is 2.46. The van der Waals surface area contributed by atoms with E-state index >= 15 is 0 Å². The van der Waals surface area contributed by atoms with E-state index in [-0.39, 0.29) is 17.7 Å². The van der Waals surface area contributed by atoms with Crippen LogP contribution in [0.25, 0.3) is 0 Å². The summed E-state index contributed by atoms with van der Waals surface area (Å²) in [5.41, 5.74) is 0.976. The lowest BCUT2D eigenvalue weighted by atomic mass is 10.1. The van der Waals surface area contributed by atoms with Gasteiger partial charge in [-0.15, -0.1) is 12.3 Å². The number of halogens is 1. The third kappa shape index (κ3) is 2.63. The van der Waals surface area contributed by atoms with E-state index in [1.54, 1.807) is 37.2 Å². The van der Waals surface area contributed by atoms with Crippen LogP contribution in [-0.2, 0) is 4.79 Å².